The molecular formula is C23H17FN4O3S. The van der Waals surface area contributed by atoms with Crippen LogP contribution in [0.25, 0.3) is 16.3 Å². The number of ether oxygens (including phenoxy) is 1. The number of nitrogens with one attached hydrogen (secondary N) is 2. The van der Waals surface area contributed by atoms with Crippen LogP contribution in [0.4, 0.5) is 15.2 Å². The van der Waals surface area contributed by atoms with Crippen LogP contribution < -0.4 is 15.4 Å². The van der Waals surface area contributed by atoms with Crippen LogP contribution in [0.1, 0.15) is 12.5 Å². The van der Waals surface area contributed by atoms with Crippen molar-refractivity contribution in [3.8, 4) is 11.5 Å². The largest absolute Gasteiger partial charge is 0.453 e. The predicted molar refractivity (Wildman–Crippen MR) is 122 cm³/mol. The Morgan fingerprint density at radius 1 is 1.12 bits per heavy atom. The van der Waals surface area contributed by atoms with E-state index < -0.39 is 5.82 Å². The van der Waals surface area contributed by atoms with E-state index in [-0.39, 0.29) is 17.6 Å². The van der Waals surface area contributed by atoms with Gasteiger partial charge in [-0.1, -0.05) is 17.4 Å². The van der Waals surface area contributed by atoms with Gasteiger partial charge in [0.2, 0.25) is 11.8 Å². The summed E-state index contributed by atoms with van der Waals surface area (Å²) in [6, 6.07) is 13.0. The number of benzene rings is 2. The molecule has 0 unspecified atom stereocenters. The van der Waals surface area contributed by atoms with Crippen molar-refractivity contribution >= 4 is 50.3 Å². The van der Waals surface area contributed by atoms with Crippen LogP contribution in [0.15, 0.2) is 67.0 Å². The summed E-state index contributed by atoms with van der Waals surface area (Å²) in [5.74, 6) is -0.628. The number of aromatic nitrogens is 2. The Kier molecular flexibility index (Phi) is 6.18. The first-order valence-corrected chi connectivity index (χ1v) is 10.3. The number of amides is 2. The fourth-order valence-corrected chi connectivity index (χ4v) is 3.75. The van der Waals surface area contributed by atoms with Gasteiger partial charge in [-0.25, -0.2) is 9.37 Å². The Morgan fingerprint density at radius 3 is 2.75 bits per heavy atom. The van der Waals surface area contributed by atoms with Crippen molar-refractivity contribution < 1.29 is 18.7 Å². The molecule has 9 heteroatoms. The van der Waals surface area contributed by atoms with E-state index in [4.69, 9.17) is 4.74 Å². The van der Waals surface area contributed by atoms with Crippen LogP contribution in [0.3, 0.4) is 0 Å². The van der Waals surface area contributed by atoms with Gasteiger partial charge in [0.05, 0.1) is 16.4 Å². The molecule has 2 heterocycles. The number of pyridine rings is 1. The standard InChI is InChI=1S/C23H17FN4O3S/c1-14(29)26-23-28-19-7-6-16(12-21(19)32-23)27-22(30)9-5-15-4-8-20(18(24)11-15)31-17-3-2-10-25-13-17/h2-13H,1H3,(H,27,30)(H,26,28,29)/b9-5+. The second-order valence-corrected chi connectivity index (χ2v) is 7.72. The van der Waals surface area contributed by atoms with Crippen molar-refractivity contribution in [2.75, 3.05) is 10.6 Å². The molecule has 0 spiro atoms. The molecule has 0 radical (unpaired) electrons. The first-order chi connectivity index (χ1) is 15.5. The fraction of sp³-hybridized carbons (Fsp3) is 0.0435. The van der Waals surface area contributed by atoms with Crippen LogP contribution >= 0.6 is 11.3 Å². The number of hydrogen-bond acceptors (Lipinski definition) is 6. The molecule has 0 bridgehead atoms. The Bertz CT molecular complexity index is 1320. The zero-order valence-electron chi connectivity index (χ0n) is 16.8. The molecule has 4 aromatic rings. The van der Waals surface area contributed by atoms with Crippen LogP contribution in [-0.2, 0) is 9.59 Å². The number of carbonyl (C=O) groups is 2. The summed E-state index contributed by atoms with van der Waals surface area (Å²) in [6.07, 6.45) is 5.91. The molecule has 32 heavy (non-hydrogen) atoms. The first kappa shape index (κ1) is 21.1. The summed E-state index contributed by atoms with van der Waals surface area (Å²) in [4.78, 5) is 31.7. The molecule has 0 saturated heterocycles. The zero-order valence-corrected chi connectivity index (χ0v) is 17.7. The second kappa shape index (κ2) is 9.36. The van der Waals surface area contributed by atoms with E-state index in [0.717, 1.165) is 10.2 Å². The van der Waals surface area contributed by atoms with Gasteiger partial charge in [-0.2, -0.15) is 0 Å². The number of fused-ring (bicyclic) bond motifs is 1. The van der Waals surface area contributed by atoms with Crippen molar-refractivity contribution in [3.63, 3.8) is 0 Å². The molecule has 2 amide bonds. The van der Waals surface area contributed by atoms with Crippen LogP contribution in [0, 0.1) is 5.82 Å². The third-order valence-corrected chi connectivity index (χ3v) is 5.12. The van der Waals surface area contributed by atoms with Crippen molar-refractivity contribution in [3.05, 3.63) is 78.4 Å². The van der Waals surface area contributed by atoms with Gasteiger partial charge in [-0.15, -0.1) is 0 Å². The Labute approximate surface area is 186 Å². The van der Waals surface area contributed by atoms with Gasteiger partial charge in [0.15, 0.2) is 16.7 Å². The minimum atomic E-state index is -0.554. The summed E-state index contributed by atoms with van der Waals surface area (Å²) in [7, 11) is 0. The molecule has 0 aliphatic heterocycles. The fourth-order valence-electron chi connectivity index (χ4n) is 2.80. The summed E-state index contributed by atoms with van der Waals surface area (Å²) in [5.41, 5.74) is 1.81. The Balaban J connectivity index is 1.40. The molecule has 160 valence electrons. The average Bonchev–Trinajstić information content (AvgIpc) is 3.15. The van der Waals surface area contributed by atoms with E-state index in [9.17, 15) is 14.0 Å². The van der Waals surface area contributed by atoms with Gasteiger partial charge in [0.25, 0.3) is 0 Å². The molecule has 0 fully saturated rings. The summed E-state index contributed by atoms with van der Waals surface area (Å²) >= 11 is 1.31. The topological polar surface area (TPSA) is 93.2 Å². The number of thiazole rings is 1. The summed E-state index contributed by atoms with van der Waals surface area (Å²) < 4.78 is 20.6. The highest BCUT2D eigenvalue weighted by molar-refractivity contribution is 7.22. The number of carbonyl (C=O) groups excluding carboxylic acids is 2. The molecule has 4 rings (SSSR count). The molecule has 0 atom stereocenters. The summed E-state index contributed by atoms with van der Waals surface area (Å²) in [5, 5.41) is 5.89. The van der Waals surface area contributed by atoms with Crippen molar-refractivity contribution in [1.29, 1.82) is 0 Å². The normalized spacial score (nSPS) is 10.9. The van der Waals surface area contributed by atoms with E-state index in [0.29, 0.717) is 22.1 Å². The van der Waals surface area contributed by atoms with Crippen LogP contribution in [-0.4, -0.2) is 21.8 Å². The van der Waals surface area contributed by atoms with Gasteiger partial charge in [0.1, 0.15) is 5.75 Å². The van der Waals surface area contributed by atoms with Crippen molar-refractivity contribution in [2.24, 2.45) is 0 Å². The van der Waals surface area contributed by atoms with E-state index in [1.54, 1.807) is 42.6 Å². The van der Waals surface area contributed by atoms with E-state index >= 15 is 0 Å². The SMILES string of the molecule is CC(=O)Nc1nc2ccc(NC(=O)/C=C/c3ccc(Oc4cccnc4)c(F)c3)cc2s1. The van der Waals surface area contributed by atoms with E-state index in [1.165, 1.54) is 48.7 Å². The van der Waals surface area contributed by atoms with Gasteiger partial charge < -0.3 is 15.4 Å². The zero-order chi connectivity index (χ0) is 22.5. The molecule has 2 N–H and O–H groups in total. The smallest absolute Gasteiger partial charge is 0.248 e. The molecular weight excluding hydrogens is 431 g/mol. The average molecular weight is 448 g/mol. The first-order valence-electron chi connectivity index (χ1n) is 9.51. The lowest BCUT2D eigenvalue weighted by Gasteiger charge is -2.06. The van der Waals surface area contributed by atoms with Crippen molar-refractivity contribution in [2.45, 2.75) is 6.92 Å². The number of hydrogen-bond donors (Lipinski definition) is 2. The second-order valence-electron chi connectivity index (χ2n) is 6.69. The summed E-state index contributed by atoms with van der Waals surface area (Å²) in [6.45, 7) is 1.41. The monoisotopic (exact) mass is 448 g/mol. The third kappa shape index (κ3) is 5.32. The molecule has 0 aliphatic carbocycles. The maximum Gasteiger partial charge on any atom is 0.248 e. The highest BCUT2D eigenvalue weighted by Crippen LogP contribution is 2.28. The highest BCUT2D eigenvalue weighted by Gasteiger charge is 2.08. The minimum absolute atomic E-state index is 0.0658. The van der Waals surface area contributed by atoms with Gasteiger partial charge in [0, 0.05) is 24.9 Å². The number of halogens is 1. The maximum absolute atomic E-state index is 14.3. The minimum Gasteiger partial charge on any atom is -0.453 e. The molecule has 0 aliphatic rings. The third-order valence-electron chi connectivity index (χ3n) is 4.18. The molecule has 2 aromatic carbocycles. The Morgan fingerprint density at radius 2 is 2.00 bits per heavy atom. The van der Waals surface area contributed by atoms with E-state index in [1.807, 2.05) is 0 Å². The predicted octanol–water partition coefficient (Wildman–Crippen LogP) is 5.23. The Hall–Kier alpha value is -4.11. The van der Waals surface area contributed by atoms with E-state index in [2.05, 4.69) is 20.6 Å². The van der Waals surface area contributed by atoms with Crippen LogP contribution in [0.2, 0.25) is 0 Å². The van der Waals surface area contributed by atoms with Crippen LogP contribution in [0.5, 0.6) is 11.5 Å². The lowest BCUT2D eigenvalue weighted by atomic mass is 10.2. The highest BCUT2D eigenvalue weighted by atomic mass is 32.1. The number of nitrogens with zero attached hydrogens (tertiary/aromatic N) is 2. The van der Waals surface area contributed by atoms with Gasteiger partial charge in [-0.05, 0) is 54.1 Å². The number of rotatable bonds is 6. The molecule has 0 saturated carbocycles. The van der Waals surface area contributed by atoms with Gasteiger partial charge in [-0.3, -0.25) is 14.6 Å². The maximum atomic E-state index is 14.3. The lowest BCUT2D eigenvalue weighted by Crippen LogP contribution is -2.07. The quantitative estimate of drug-likeness (QED) is 0.394. The van der Waals surface area contributed by atoms with Gasteiger partial charge >= 0.3 is 0 Å². The van der Waals surface area contributed by atoms with Crippen molar-refractivity contribution in [1.82, 2.24) is 9.97 Å². The molecule has 7 nitrogen and oxygen atoms in total. The number of anilines is 2. The molecule has 2 aromatic heterocycles. The lowest BCUT2D eigenvalue weighted by molar-refractivity contribution is -0.114.